The molecule has 0 atom stereocenters. The number of hydrogen-bond donors (Lipinski definition) is 3. The van der Waals surface area contributed by atoms with Crippen molar-refractivity contribution < 1.29 is 4.79 Å². The van der Waals surface area contributed by atoms with Gasteiger partial charge in [-0.25, -0.2) is 0 Å². The molecule has 4 heteroatoms. The number of H-pyrrole nitrogens is 1. The topological polar surface area (TPSA) is 56.9 Å². The first kappa shape index (κ1) is 17.2. The van der Waals surface area contributed by atoms with E-state index in [2.05, 4.69) is 40.7 Å². The number of fused-ring (bicyclic) bond motifs is 1. The molecule has 0 spiro atoms. The van der Waals surface area contributed by atoms with Crippen LogP contribution in [0.1, 0.15) is 19.4 Å². The average molecular weight is 263 g/mol. The van der Waals surface area contributed by atoms with Gasteiger partial charge in [0.1, 0.15) is 0 Å². The highest BCUT2D eigenvalue weighted by atomic mass is 16.1. The Balaban J connectivity index is 0.000000321. The predicted molar refractivity (Wildman–Crippen MR) is 82.4 cm³/mol. The minimum atomic E-state index is 0.0162. The van der Waals surface area contributed by atoms with Crippen LogP contribution in [0.5, 0.6) is 0 Å². The summed E-state index contributed by atoms with van der Waals surface area (Å²) >= 11 is 0. The van der Waals surface area contributed by atoms with E-state index in [9.17, 15) is 4.79 Å². The molecule has 0 fully saturated rings. The van der Waals surface area contributed by atoms with E-state index in [1.807, 2.05) is 26.1 Å². The molecule has 0 saturated carbocycles. The Morgan fingerprint density at radius 1 is 1.21 bits per heavy atom. The smallest absolute Gasteiger partial charge is 0.233 e. The molecule has 0 saturated heterocycles. The van der Waals surface area contributed by atoms with Crippen LogP contribution in [0.3, 0.4) is 0 Å². The fourth-order valence-electron chi connectivity index (χ4n) is 1.47. The number of benzene rings is 1. The Bertz CT molecular complexity index is 477. The van der Waals surface area contributed by atoms with Gasteiger partial charge in [-0.3, -0.25) is 4.79 Å². The van der Waals surface area contributed by atoms with E-state index >= 15 is 0 Å². The van der Waals surface area contributed by atoms with Gasteiger partial charge in [-0.05, 0) is 25.6 Å². The molecule has 1 aromatic carbocycles. The quantitative estimate of drug-likeness (QED) is 0.779. The lowest BCUT2D eigenvalue weighted by molar-refractivity contribution is -0.119. The summed E-state index contributed by atoms with van der Waals surface area (Å²) < 4.78 is 0. The second-order valence-corrected chi connectivity index (χ2v) is 3.72. The van der Waals surface area contributed by atoms with Crippen molar-refractivity contribution >= 4 is 16.8 Å². The van der Waals surface area contributed by atoms with Gasteiger partial charge in [-0.2, -0.15) is 0 Å². The number of aromatic amines is 1. The molecular formula is C15H25N3O. The average Bonchev–Trinajstić information content (AvgIpc) is 2.84. The molecule has 3 N–H and O–H groups in total. The molecule has 4 nitrogen and oxygen atoms in total. The van der Waals surface area contributed by atoms with E-state index in [4.69, 9.17) is 0 Å². The molecule has 0 bridgehead atoms. The molecule has 0 aliphatic heterocycles. The number of carbonyl (C=O) groups is 1. The third kappa shape index (κ3) is 6.06. The molecule has 1 amide bonds. The maximum absolute atomic E-state index is 10.2. The number of likely N-dealkylation sites (N-methyl/N-ethyl adjacent to an activating group) is 2. The van der Waals surface area contributed by atoms with Crippen LogP contribution in [-0.2, 0) is 4.79 Å². The van der Waals surface area contributed by atoms with Crippen LogP contribution in [0.25, 0.3) is 10.9 Å². The Hall–Kier alpha value is -1.81. The number of nitrogens with one attached hydrogen (secondary N) is 3. The zero-order chi connectivity index (χ0) is 14.7. The second kappa shape index (κ2) is 10.1. The van der Waals surface area contributed by atoms with Crippen LogP contribution in [0.2, 0.25) is 0 Å². The van der Waals surface area contributed by atoms with E-state index in [0.29, 0.717) is 6.54 Å². The van der Waals surface area contributed by atoms with Crippen molar-refractivity contribution in [2.45, 2.75) is 20.8 Å². The molecule has 19 heavy (non-hydrogen) atoms. The van der Waals surface area contributed by atoms with Crippen molar-refractivity contribution in [2.75, 3.05) is 20.6 Å². The van der Waals surface area contributed by atoms with E-state index in [1.165, 1.54) is 16.5 Å². The standard InChI is InChI=1S/C9H9N.C4H10N2O.C2H6/c1-7-6-10-9-5-3-2-4-8(7)9;1-5-3-4(7)6-2;1-2/h2-6,10H,1H3;5H,3H2,1-2H3,(H,6,7);1-2H3. The monoisotopic (exact) mass is 263 g/mol. The first-order valence-electron chi connectivity index (χ1n) is 6.57. The number of carbonyl (C=O) groups excluding carboxylic acids is 1. The van der Waals surface area contributed by atoms with Gasteiger partial charge >= 0.3 is 0 Å². The molecule has 1 aromatic heterocycles. The van der Waals surface area contributed by atoms with Gasteiger partial charge < -0.3 is 15.6 Å². The number of amides is 1. The van der Waals surface area contributed by atoms with Gasteiger partial charge in [-0.15, -0.1) is 0 Å². The first-order valence-corrected chi connectivity index (χ1v) is 6.57. The van der Waals surface area contributed by atoms with Crippen LogP contribution in [0.4, 0.5) is 0 Å². The summed E-state index contributed by atoms with van der Waals surface area (Å²) in [6.45, 7) is 6.51. The summed E-state index contributed by atoms with van der Waals surface area (Å²) in [6.07, 6.45) is 2.03. The molecule has 0 aliphatic carbocycles. The van der Waals surface area contributed by atoms with E-state index in [-0.39, 0.29) is 5.91 Å². The molecule has 0 radical (unpaired) electrons. The van der Waals surface area contributed by atoms with Gasteiger partial charge in [0.05, 0.1) is 6.54 Å². The van der Waals surface area contributed by atoms with Crippen LogP contribution in [0, 0.1) is 6.92 Å². The fourth-order valence-corrected chi connectivity index (χ4v) is 1.47. The number of para-hydroxylation sites is 1. The number of aryl methyl sites for hydroxylation is 1. The third-order valence-electron chi connectivity index (χ3n) is 2.41. The normalized spacial score (nSPS) is 8.89. The zero-order valence-corrected chi connectivity index (χ0v) is 12.5. The lowest BCUT2D eigenvalue weighted by Gasteiger charge is -1.93. The highest BCUT2D eigenvalue weighted by Crippen LogP contribution is 2.15. The van der Waals surface area contributed by atoms with Crippen molar-refractivity contribution in [3.05, 3.63) is 36.0 Å². The molecule has 0 unspecified atom stereocenters. The van der Waals surface area contributed by atoms with Crippen molar-refractivity contribution in [3.63, 3.8) is 0 Å². The molecule has 1 heterocycles. The second-order valence-electron chi connectivity index (χ2n) is 3.72. The van der Waals surface area contributed by atoms with Crippen molar-refractivity contribution in [1.29, 1.82) is 0 Å². The highest BCUT2D eigenvalue weighted by Gasteiger charge is 1.94. The van der Waals surface area contributed by atoms with Crippen LogP contribution in [-0.4, -0.2) is 31.5 Å². The van der Waals surface area contributed by atoms with E-state index < -0.39 is 0 Å². The van der Waals surface area contributed by atoms with Gasteiger partial charge in [0.2, 0.25) is 5.91 Å². The molecular weight excluding hydrogens is 238 g/mol. The summed E-state index contributed by atoms with van der Waals surface area (Å²) in [5.74, 6) is 0.0162. The summed E-state index contributed by atoms with van der Waals surface area (Å²) in [4.78, 5) is 13.4. The highest BCUT2D eigenvalue weighted by molar-refractivity contribution is 5.82. The minimum absolute atomic E-state index is 0.0162. The minimum Gasteiger partial charge on any atom is -0.361 e. The number of rotatable bonds is 2. The van der Waals surface area contributed by atoms with E-state index in [1.54, 1.807) is 14.1 Å². The van der Waals surface area contributed by atoms with E-state index in [0.717, 1.165) is 0 Å². The maximum atomic E-state index is 10.2. The Morgan fingerprint density at radius 2 is 1.84 bits per heavy atom. The predicted octanol–water partition coefficient (Wildman–Crippen LogP) is 2.45. The largest absolute Gasteiger partial charge is 0.361 e. The van der Waals surface area contributed by atoms with Crippen molar-refractivity contribution in [1.82, 2.24) is 15.6 Å². The lowest BCUT2D eigenvalue weighted by atomic mass is 10.2. The van der Waals surface area contributed by atoms with Crippen LogP contribution >= 0.6 is 0 Å². The van der Waals surface area contributed by atoms with Crippen molar-refractivity contribution in [2.24, 2.45) is 0 Å². The lowest BCUT2D eigenvalue weighted by Crippen LogP contribution is -2.28. The summed E-state index contributed by atoms with van der Waals surface area (Å²) in [7, 11) is 3.34. The third-order valence-corrected chi connectivity index (χ3v) is 2.41. The number of aromatic nitrogens is 1. The SMILES string of the molecule is CC.CNCC(=O)NC.Cc1c[nH]c2ccccc12. The molecule has 106 valence electrons. The Morgan fingerprint density at radius 3 is 2.32 bits per heavy atom. The molecule has 2 aromatic rings. The maximum Gasteiger partial charge on any atom is 0.233 e. The Kier molecular flexibility index (Phi) is 9.18. The van der Waals surface area contributed by atoms with Gasteiger partial charge in [0.25, 0.3) is 0 Å². The van der Waals surface area contributed by atoms with Gasteiger partial charge in [0.15, 0.2) is 0 Å². The molecule has 0 aliphatic rings. The summed E-state index contributed by atoms with van der Waals surface area (Å²) in [6, 6.07) is 8.31. The summed E-state index contributed by atoms with van der Waals surface area (Å²) in [5.41, 5.74) is 2.54. The van der Waals surface area contributed by atoms with Gasteiger partial charge in [-0.1, -0.05) is 32.0 Å². The van der Waals surface area contributed by atoms with Crippen LogP contribution < -0.4 is 10.6 Å². The molecule has 2 rings (SSSR count). The first-order chi connectivity index (χ1) is 9.19. The number of hydrogen-bond acceptors (Lipinski definition) is 2. The summed E-state index contributed by atoms with van der Waals surface area (Å²) in [5, 5.41) is 6.49. The Labute approximate surface area is 115 Å². The van der Waals surface area contributed by atoms with Crippen LogP contribution in [0.15, 0.2) is 30.5 Å². The zero-order valence-electron chi connectivity index (χ0n) is 12.5. The van der Waals surface area contributed by atoms with Gasteiger partial charge in [0, 0.05) is 24.1 Å². The van der Waals surface area contributed by atoms with Crippen molar-refractivity contribution in [3.8, 4) is 0 Å². The fraction of sp³-hybridized carbons (Fsp3) is 0.400.